The molecule has 1 aromatic carbocycles. The molecule has 2 aromatic rings. The van der Waals surface area contributed by atoms with Crippen molar-refractivity contribution in [2.75, 3.05) is 18.7 Å². The number of nitrogens with zero attached hydrogens (tertiary/aromatic N) is 2. The summed E-state index contributed by atoms with van der Waals surface area (Å²) in [5.74, 6) is -0.263. The zero-order valence-corrected chi connectivity index (χ0v) is 14.7. The van der Waals surface area contributed by atoms with E-state index in [0.29, 0.717) is 27.6 Å². The number of amides is 1. The van der Waals surface area contributed by atoms with Crippen LogP contribution in [0.25, 0.3) is 0 Å². The Morgan fingerprint density at radius 1 is 1.39 bits per heavy atom. The van der Waals surface area contributed by atoms with Gasteiger partial charge in [-0.05, 0) is 24.0 Å². The van der Waals surface area contributed by atoms with Crippen LogP contribution in [0.2, 0.25) is 10.0 Å². The predicted octanol–water partition coefficient (Wildman–Crippen LogP) is 3.22. The molecule has 9 heteroatoms. The molecule has 1 heterocycles. The summed E-state index contributed by atoms with van der Waals surface area (Å²) in [5, 5.41) is 4.56. The topological polar surface area (TPSA) is 90.1 Å². The van der Waals surface area contributed by atoms with Crippen molar-refractivity contribution in [3.05, 3.63) is 39.4 Å². The van der Waals surface area contributed by atoms with E-state index in [-0.39, 0.29) is 11.4 Å². The van der Waals surface area contributed by atoms with Crippen molar-refractivity contribution in [1.29, 1.82) is 0 Å². The number of nitrogens with two attached hydrogens (primary N) is 1. The number of ether oxygens (including phenoxy) is 1. The van der Waals surface area contributed by atoms with E-state index in [9.17, 15) is 4.79 Å². The van der Waals surface area contributed by atoms with Crippen molar-refractivity contribution in [3.63, 3.8) is 0 Å². The number of thioether (sulfide) groups is 1. The van der Waals surface area contributed by atoms with Gasteiger partial charge in [0, 0.05) is 16.6 Å². The second kappa shape index (κ2) is 7.72. The summed E-state index contributed by atoms with van der Waals surface area (Å²) in [6.07, 6.45) is 1.82. The van der Waals surface area contributed by atoms with E-state index < -0.39 is 5.91 Å². The quantitative estimate of drug-likeness (QED) is 0.597. The molecule has 0 fully saturated rings. The van der Waals surface area contributed by atoms with E-state index in [1.54, 1.807) is 18.2 Å². The average Bonchev–Trinajstić information content (AvgIpc) is 2.52. The third-order valence-corrected chi connectivity index (χ3v) is 4.07. The predicted molar refractivity (Wildman–Crippen MR) is 92.7 cm³/mol. The Labute approximate surface area is 147 Å². The van der Waals surface area contributed by atoms with Crippen molar-refractivity contribution in [1.82, 2.24) is 9.97 Å². The minimum Gasteiger partial charge on any atom is -0.480 e. The first-order valence-electron chi connectivity index (χ1n) is 6.44. The van der Waals surface area contributed by atoms with Crippen LogP contribution in [0.3, 0.4) is 0 Å². The van der Waals surface area contributed by atoms with Gasteiger partial charge in [0.25, 0.3) is 5.91 Å². The SMILES string of the molecule is COc1nc(SC)nc(NCc2ccc(Cl)cc2Cl)c1C(N)=O. The van der Waals surface area contributed by atoms with Crippen molar-refractivity contribution >= 4 is 46.7 Å². The maximum Gasteiger partial charge on any atom is 0.257 e. The van der Waals surface area contributed by atoms with Crippen LogP contribution in [0, 0.1) is 0 Å². The van der Waals surface area contributed by atoms with Crippen LogP contribution in [0.4, 0.5) is 5.82 Å². The molecule has 3 N–H and O–H groups in total. The Morgan fingerprint density at radius 2 is 2.13 bits per heavy atom. The lowest BCUT2D eigenvalue weighted by atomic mass is 10.2. The first-order chi connectivity index (χ1) is 11.0. The first-order valence-corrected chi connectivity index (χ1v) is 8.42. The third kappa shape index (κ3) is 4.19. The van der Waals surface area contributed by atoms with Gasteiger partial charge in [0.2, 0.25) is 5.88 Å². The normalized spacial score (nSPS) is 10.4. The number of carbonyl (C=O) groups excluding carboxylic acids is 1. The summed E-state index contributed by atoms with van der Waals surface area (Å²) < 4.78 is 5.13. The third-order valence-electron chi connectivity index (χ3n) is 2.94. The number of hydrogen-bond acceptors (Lipinski definition) is 6. The number of halogens is 2. The van der Waals surface area contributed by atoms with Gasteiger partial charge >= 0.3 is 0 Å². The smallest absolute Gasteiger partial charge is 0.257 e. The number of anilines is 1. The van der Waals surface area contributed by atoms with Gasteiger partial charge in [-0.15, -0.1) is 0 Å². The monoisotopic (exact) mass is 372 g/mol. The molecule has 0 bridgehead atoms. The largest absolute Gasteiger partial charge is 0.480 e. The molecule has 0 atom stereocenters. The molecule has 0 aliphatic heterocycles. The van der Waals surface area contributed by atoms with E-state index in [1.807, 2.05) is 6.26 Å². The molecule has 0 saturated heterocycles. The number of rotatable bonds is 6. The van der Waals surface area contributed by atoms with Crippen molar-refractivity contribution in [2.24, 2.45) is 5.73 Å². The molecular formula is C14H14Cl2N4O2S. The molecule has 2 rings (SSSR count). The Balaban J connectivity index is 2.35. The molecule has 0 unspecified atom stereocenters. The molecule has 0 aliphatic rings. The van der Waals surface area contributed by atoms with Crippen LogP contribution in [-0.4, -0.2) is 29.2 Å². The number of methoxy groups -OCH3 is 1. The van der Waals surface area contributed by atoms with Gasteiger partial charge < -0.3 is 15.8 Å². The Morgan fingerprint density at radius 3 is 2.70 bits per heavy atom. The van der Waals surface area contributed by atoms with Gasteiger partial charge in [0.15, 0.2) is 5.16 Å². The van der Waals surface area contributed by atoms with Crippen LogP contribution in [0.5, 0.6) is 5.88 Å². The number of benzene rings is 1. The lowest BCUT2D eigenvalue weighted by molar-refractivity contribution is 0.0997. The molecule has 0 radical (unpaired) electrons. The fourth-order valence-corrected chi connectivity index (χ4v) is 2.69. The molecule has 23 heavy (non-hydrogen) atoms. The molecule has 1 aromatic heterocycles. The summed E-state index contributed by atoms with van der Waals surface area (Å²) in [6, 6.07) is 5.16. The summed E-state index contributed by atoms with van der Waals surface area (Å²) in [4.78, 5) is 20.1. The van der Waals surface area contributed by atoms with Crippen LogP contribution in [0.1, 0.15) is 15.9 Å². The standard InChI is InChI=1S/C14H14Cl2N4O2S/c1-22-13-10(11(17)21)12(19-14(20-13)23-2)18-6-7-3-4-8(15)5-9(7)16/h3-5H,6H2,1-2H3,(H2,17,21)(H,18,19,20). The van der Waals surface area contributed by atoms with E-state index in [4.69, 9.17) is 33.7 Å². The Kier molecular flexibility index (Phi) is 5.92. The second-order valence-electron chi connectivity index (χ2n) is 4.40. The molecule has 6 nitrogen and oxygen atoms in total. The Hall–Kier alpha value is -1.70. The number of aromatic nitrogens is 2. The molecular weight excluding hydrogens is 359 g/mol. The minimum absolute atomic E-state index is 0.0929. The zero-order chi connectivity index (χ0) is 17.0. The highest BCUT2D eigenvalue weighted by Crippen LogP contribution is 2.27. The lowest BCUT2D eigenvalue weighted by Crippen LogP contribution is -2.18. The fourth-order valence-electron chi connectivity index (χ4n) is 1.85. The zero-order valence-electron chi connectivity index (χ0n) is 12.4. The maximum absolute atomic E-state index is 11.7. The van der Waals surface area contributed by atoms with E-state index in [0.717, 1.165) is 5.56 Å². The summed E-state index contributed by atoms with van der Waals surface area (Å²) in [5.41, 5.74) is 6.31. The number of hydrogen-bond donors (Lipinski definition) is 2. The average molecular weight is 373 g/mol. The molecule has 0 saturated carbocycles. The summed E-state index contributed by atoms with van der Waals surface area (Å²) >= 11 is 13.3. The molecule has 1 amide bonds. The summed E-state index contributed by atoms with van der Waals surface area (Å²) in [7, 11) is 1.42. The van der Waals surface area contributed by atoms with Gasteiger partial charge in [-0.3, -0.25) is 4.79 Å². The van der Waals surface area contributed by atoms with Crippen LogP contribution in [-0.2, 0) is 6.54 Å². The van der Waals surface area contributed by atoms with Crippen molar-refractivity contribution in [2.45, 2.75) is 11.7 Å². The van der Waals surface area contributed by atoms with Crippen molar-refractivity contribution in [3.8, 4) is 5.88 Å². The van der Waals surface area contributed by atoms with Crippen LogP contribution >= 0.6 is 35.0 Å². The van der Waals surface area contributed by atoms with Crippen LogP contribution in [0.15, 0.2) is 23.4 Å². The second-order valence-corrected chi connectivity index (χ2v) is 6.01. The molecule has 0 aliphatic carbocycles. The first kappa shape index (κ1) is 17.7. The highest BCUT2D eigenvalue weighted by molar-refractivity contribution is 7.98. The van der Waals surface area contributed by atoms with Gasteiger partial charge in [-0.2, -0.15) is 4.98 Å². The number of nitrogens with one attached hydrogen (secondary N) is 1. The number of primary amides is 1. The Bertz CT molecular complexity index is 743. The maximum atomic E-state index is 11.7. The highest BCUT2D eigenvalue weighted by Gasteiger charge is 2.20. The van der Waals surface area contributed by atoms with E-state index in [2.05, 4.69) is 15.3 Å². The summed E-state index contributed by atoms with van der Waals surface area (Å²) in [6.45, 7) is 0.338. The van der Waals surface area contributed by atoms with Crippen LogP contribution < -0.4 is 15.8 Å². The number of carbonyl (C=O) groups is 1. The fraction of sp³-hybridized carbons (Fsp3) is 0.214. The van der Waals surface area contributed by atoms with Gasteiger partial charge in [-0.1, -0.05) is 41.0 Å². The molecule has 122 valence electrons. The lowest BCUT2D eigenvalue weighted by Gasteiger charge is -2.13. The van der Waals surface area contributed by atoms with Gasteiger partial charge in [0.1, 0.15) is 11.4 Å². The highest BCUT2D eigenvalue weighted by atomic mass is 35.5. The van der Waals surface area contributed by atoms with E-state index in [1.165, 1.54) is 18.9 Å². The minimum atomic E-state index is -0.681. The molecule has 0 spiro atoms. The van der Waals surface area contributed by atoms with Gasteiger partial charge in [0.05, 0.1) is 7.11 Å². The van der Waals surface area contributed by atoms with E-state index >= 15 is 0 Å². The van der Waals surface area contributed by atoms with Gasteiger partial charge in [-0.25, -0.2) is 4.98 Å². The van der Waals surface area contributed by atoms with Crippen molar-refractivity contribution < 1.29 is 9.53 Å².